The van der Waals surface area contributed by atoms with Crippen molar-refractivity contribution >= 4 is 34.8 Å². The zero-order chi connectivity index (χ0) is 14.7. The number of nitrogens with one attached hydrogen (secondary N) is 1. The number of carbonyl (C=O) groups is 1. The molecule has 0 saturated heterocycles. The molecule has 0 spiro atoms. The van der Waals surface area contributed by atoms with Gasteiger partial charge in [0.25, 0.3) is 5.91 Å². The first kappa shape index (κ1) is 14.6. The van der Waals surface area contributed by atoms with E-state index in [0.717, 1.165) is 5.69 Å². The number of benzene rings is 1. The number of aromatic nitrogens is 1. The minimum absolute atomic E-state index is 0.291. The van der Waals surface area contributed by atoms with Crippen molar-refractivity contribution < 1.29 is 9.53 Å². The molecular weight excluding hydrogens is 299 g/mol. The summed E-state index contributed by atoms with van der Waals surface area (Å²) in [7, 11) is 1.51. The molecule has 0 radical (unpaired) electrons. The van der Waals surface area contributed by atoms with Crippen LogP contribution < -0.4 is 10.1 Å². The van der Waals surface area contributed by atoms with E-state index in [4.69, 9.17) is 27.9 Å². The molecule has 0 aliphatic carbocycles. The number of halogens is 2. The fourth-order valence-electron chi connectivity index (χ4n) is 1.66. The first-order valence-electron chi connectivity index (χ1n) is 5.78. The SMILES string of the molecule is COc1ccc(Cl)cc1NC(=O)c1cnc(C)cc1Cl. The third-order valence-corrected chi connectivity index (χ3v) is 3.19. The number of amides is 1. The molecule has 1 heterocycles. The molecule has 0 saturated carbocycles. The molecule has 0 aliphatic heterocycles. The number of hydrogen-bond acceptors (Lipinski definition) is 3. The van der Waals surface area contributed by atoms with Crippen LogP contribution in [0, 0.1) is 6.92 Å². The van der Waals surface area contributed by atoms with E-state index in [-0.39, 0.29) is 5.91 Å². The average Bonchev–Trinajstić information content (AvgIpc) is 2.38. The Morgan fingerprint density at radius 1 is 1.30 bits per heavy atom. The van der Waals surface area contributed by atoms with Crippen molar-refractivity contribution in [1.82, 2.24) is 4.98 Å². The van der Waals surface area contributed by atoms with Crippen molar-refractivity contribution in [2.45, 2.75) is 6.92 Å². The van der Waals surface area contributed by atoms with E-state index in [9.17, 15) is 4.79 Å². The summed E-state index contributed by atoms with van der Waals surface area (Å²) in [6, 6.07) is 6.59. The van der Waals surface area contributed by atoms with Crippen LogP contribution >= 0.6 is 23.2 Å². The second-order valence-electron chi connectivity index (χ2n) is 4.10. The van der Waals surface area contributed by atoms with Gasteiger partial charge in [-0.2, -0.15) is 0 Å². The average molecular weight is 311 g/mol. The molecule has 1 aromatic heterocycles. The molecule has 1 aromatic carbocycles. The second kappa shape index (κ2) is 6.11. The van der Waals surface area contributed by atoms with Gasteiger partial charge in [-0.05, 0) is 31.2 Å². The molecule has 0 aliphatic rings. The van der Waals surface area contributed by atoms with Crippen LogP contribution in [0.2, 0.25) is 10.0 Å². The van der Waals surface area contributed by atoms with Gasteiger partial charge in [0.05, 0.1) is 23.4 Å². The zero-order valence-electron chi connectivity index (χ0n) is 10.9. The highest BCUT2D eigenvalue weighted by molar-refractivity contribution is 6.34. The summed E-state index contributed by atoms with van der Waals surface area (Å²) >= 11 is 11.9. The fourth-order valence-corrected chi connectivity index (χ4v) is 2.13. The van der Waals surface area contributed by atoms with Gasteiger partial charge >= 0.3 is 0 Å². The molecule has 4 nitrogen and oxygen atoms in total. The van der Waals surface area contributed by atoms with Crippen LogP contribution in [0.25, 0.3) is 0 Å². The van der Waals surface area contributed by atoms with E-state index in [1.165, 1.54) is 13.3 Å². The molecule has 20 heavy (non-hydrogen) atoms. The van der Waals surface area contributed by atoms with Crippen LogP contribution in [0.15, 0.2) is 30.5 Å². The Morgan fingerprint density at radius 3 is 2.70 bits per heavy atom. The van der Waals surface area contributed by atoms with Crippen LogP contribution in [0.5, 0.6) is 5.75 Å². The van der Waals surface area contributed by atoms with Crippen molar-refractivity contribution in [3.8, 4) is 5.75 Å². The topological polar surface area (TPSA) is 51.2 Å². The molecule has 1 N–H and O–H groups in total. The normalized spacial score (nSPS) is 10.2. The van der Waals surface area contributed by atoms with E-state index in [0.29, 0.717) is 27.0 Å². The van der Waals surface area contributed by atoms with Crippen LogP contribution in [0.4, 0.5) is 5.69 Å². The van der Waals surface area contributed by atoms with Gasteiger partial charge < -0.3 is 10.1 Å². The Morgan fingerprint density at radius 2 is 2.05 bits per heavy atom. The largest absolute Gasteiger partial charge is 0.495 e. The van der Waals surface area contributed by atoms with Gasteiger partial charge in [-0.1, -0.05) is 23.2 Å². The molecular formula is C14H12Cl2N2O2. The molecule has 0 atom stereocenters. The van der Waals surface area contributed by atoms with Gasteiger partial charge in [-0.15, -0.1) is 0 Å². The number of nitrogens with zero attached hydrogens (tertiary/aromatic N) is 1. The number of anilines is 1. The van der Waals surface area contributed by atoms with Gasteiger partial charge in [0.1, 0.15) is 5.75 Å². The van der Waals surface area contributed by atoms with Crippen LogP contribution in [0.1, 0.15) is 16.1 Å². The molecule has 104 valence electrons. The lowest BCUT2D eigenvalue weighted by molar-refractivity contribution is 0.102. The molecule has 1 amide bonds. The van der Waals surface area contributed by atoms with Crippen LogP contribution in [-0.2, 0) is 0 Å². The maximum absolute atomic E-state index is 12.2. The number of hydrogen-bond donors (Lipinski definition) is 1. The van der Waals surface area contributed by atoms with Crippen molar-refractivity contribution in [3.05, 3.63) is 51.8 Å². The Balaban J connectivity index is 2.30. The zero-order valence-corrected chi connectivity index (χ0v) is 12.4. The molecule has 0 bridgehead atoms. The van der Waals surface area contributed by atoms with Crippen molar-refractivity contribution in [2.24, 2.45) is 0 Å². The van der Waals surface area contributed by atoms with Crippen molar-refractivity contribution in [3.63, 3.8) is 0 Å². The van der Waals surface area contributed by atoms with E-state index < -0.39 is 0 Å². The fraction of sp³-hybridized carbons (Fsp3) is 0.143. The molecule has 2 rings (SSSR count). The van der Waals surface area contributed by atoms with Crippen molar-refractivity contribution in [2.75, 3.05) is 12.4 Å². The molecule has 2 aromatic rings. The number of aryl methyl sites for hydroxylation is 1. The van der Waals surface area contributed by atoms with E-state index >= 15 is 0 Å². The third-order valence-electron chi connectivity index (χ3n) is 2.64. The summed E-state index contributed by atoms with van der Waals surface area (Å²) in [5, 5.41) is 3.54. The minimum Gasteiger partial charge on any atom is -0.495 e. The van der Waals surface area contributed by atoms with Crippen LogP contribution in [0.3, 0.4) is 0 Å². The first-order chi connectivity index (χ1) is 9.51. The summed E-state index contributed by atoms with van der Waals surface area (Å²) in [6.07, 6.45) is 1.43. The van der Waals surface area contributed by atoms with E-state index in [2.05, 4.69) is 10.3 Å². The molecule has 0 unspecified atom stereocenters. The predicted octanol–water partition coefficient (Wildman–Crippen LogP) is 3.96. The minimum atomic E-state index is -0.372. The predicted molar refractivity (Wildman–Crippen MR) is 79.9 cm³/mol. The lowest BCUT2D eigenvalue weighted by Crippen LogP contribution is -2.13. The Bertz CT molecular complexity index is 660. The van der Waals surface area contributed by atoms with Gasteiger partial charge in [-0.25, -0.2) is 0 Å². The summed E-state index contributed by atoms with van der Waals surface area (Å²) in [4.78, 5) is 16.3. The summed E-state index contributed by atoms with van der Waals surface area (Å²) in [5.41, 5.74) is 1.51. The molecule has 6 heteroatoms. The Labute approximate surface area is 126 Å². The van der Waals surface area contributed by atoms with Gasteiger partial charge in [0.15, 0.2) is 0 Å². The van der Waals surface area contributed by atoms with E-state index in [1.807, 2.05) is 0 Å². The second-order valence-corrected chi connectivity index (χ2v) is 4.95. The number of ether oxygens (including phenoxy) is 1. The highest BCUT2D eigenvalue weighted by Gasteiger charge is 2.14. The Kier molecular flexibility index (Phi) is 4.47. The highest BCUT2D eigenvalue weighted by Crippen LogP contribution is 2.28. The summed E-state index contributed by atoms with van der Waals surface area (Å²) in [6.45, 7) is 1.80. The van der Waals surface area contributed by atoms with Crippen LogP contribution in [-0.4, -0.2) is 18.0 Å². The number of pyridine rings is 1. The number of methoxy groups -OCH3 is 1. The highest BCUT2D eigenvalue weighted by atomic mass is 35.5. The van der Waals surface area contributed by atoms with Gasteiger partial charge in [0.2, 0.25) is 0 Å². The lowest BCUT2D eigenvalue weighted by Gasteiger charge is -2.11. The quantitative estimate of drug-likeness (QED) is 0.933. The summed E-state index contributed by atoms with van der Waals surface area (Å²) < 4.78 is 5.16. The maximum Gasteiger partial charge on any atom is 0.258 e. The Hall–Kier alpha value is -1.78. The number of rotatable bonds is 3. The monoisotopic (exact) mass is 310 g/mol. The smallest absolute Gasteiger partial charge is 0.258 e. The standard InChI is InChI=1S/C14H12Cl2N2O2/c1-8-5-11(16)10(7-17-8)14(19)18-12-6-9(15)3-4-13(12)20-2/h3-7H,1-2H3,(H,18,19). The molecule has 0 fully saturated rings. The maximum atomic E-state index is 12.2. The third kappa shape index (κ3) is 3.21. The van der Waals surface area contributed by atoms with Gasteiger partial charge in [0, 0.05) is 16.9 Å². The lowest BCUT2D eigenvalue weighted by atomic mass is 10.2. The van der Waals surface area contributed by atoms with Crippen molar-refractivity contribution in [1.29, 1.82) is 0 Å². The number of carbonyl (C=O) groups excluding carboxylic acids is 1. The summed E-state index contributed by atoms with van der Waals surface area (Å²) in [5.74, 6) is 0.141. The van der Waals surface area contributed by atoms with E-state index in [1.54, 1.807) is 31.2 Å². The van der Waals surface area contributed by atoms with Gasteiger partial charge in [-0.3, -0.25) is 9.78 Å². The first-order valence-corrected chi connectivity index (χ1v) is 6.54.